The Balaban J connectivity index is 1.57. The Morgan fingerprint density at radius 3 is 2.79 bits per heavy atom. The van der Waals surface area contributed by atoms with Crippen LogP contribution in [0.3, 0.4) is 0 Å². The summed E-state index contributed by atoms with van der Waals surface area (Å²) in [5.41, 5.74) is 1.76. The molecule has 2 heterocycles. The number of hydrogen-bond acceptors (Lipinski definition) is 4. The Bertz CT molecular complexity index is 873. The van der Waals surface area contributed by atoms with Crippen LogP contribution >= 0.6 is 45.9 Å². The van der Waals surface area contributed by atoms with Gasteiger partial charge in [0.15, 0.2) is 0 Å². The second kappa shape index (κ2) is 7.66. The lowest BCUT2D eigenvalue weighted by molar-refractivity contribution is -0.120. The maximum Gasteiger partial charge on any atom is 0.224 e. The number of benzene rings is 1. The fourth-order valence-corrected chi connectivity index (χ4v) is 4.24. The summed E-state index contributed by atoms with van der Waals surface area (Å²) >= 11 is 15.2. The molecule has 1 aromatic carbocycles. The molecule has 0 atom stereocenters. The van der Waals surface area contributed by atoms with E-state index in [2.05, 4.69) is 10.3 Å². The van der Waals surface area contributed by atoms with Crippen LogP contribution in [0.25, 0.3) is 10.6 Å². The molecule has 0 aliphatic carbocycles. The third-order valence-corrected chi connectivity index (χ3v) is 5.83. The van der Waals surface area contributed by atoms with Gasteiger partial charge in [-0.25, -0.2) is 4.98 Å². The monoisotopic (exact) mass is 396 g/mol. The van der Waals surface area contributed by atoms with E-state index in [-0.39, 0.29) is 12.3 Å². The Kier molecular flexibility index (Phi) is 5.56. The zero-order valence-corrected chi connectivity index (χ0v) is 16.0. The standard InChI is InChI=1S/C17H14Cl2N2OS2/c1-10-21-15(9-23-10)16-5-4-13(24-16)8-20-17(22)6-11-2-3-12(18)7-14(11)19/h2-5,7,9H,6,8H2,1H3,(H,20,22). The van der Waals surface area contributed by atoms with Crippen LogP contribution in [-0.4, -0.2) is 10.9 Å². The van der Waals surface area contributed by atoms with E-state index in [9.17, 15) is 4.79 Å². The van der Waals surface area contributed by atoms with Gasteiger partial charge in [0.25, 0.3) is 0 Å². The van der Waals surface area contributed by atoms with Gasteiger partial charge >= 0.3 is 0 Å². The number of amides is 1. The minimum absolute atomic E-state index is 0.0707. The molecule has 0 unspecified atom stereocenters. The van der Waals surface area contributed by atoms with Crippen LogP contribution < -0.4 is 5.32 Å². The minimum Gasteiger partial charge on any atom is -0.351 e. The molecule has 0 saturated carbocycles. The van der Waals surface area contributed by atoms with Crippen molar-refractivity contribution in [3.8, 4) is 10.6 Å². The number of rotatable bonds is 5. The van der Waals surface area contributed by atoms with Gasteiger partial charge in [-0.1, -0.05) is 29.3 Å². The van der Waals surface area contributed by atoms with E-state index < -0.39 is 0 Å². The van der Waals surface area contributed by atoms with Crippen molar-refractivity contribution in [2.75, 3.05) is 0 Å². The summed E-state index contributed by atoms with van der Waals surface area (Å²) in [6, 6.07) is 9.21. The molecule has 124 valence electrons. The highest BCUT2D eigenvalue weighted by molar-refractivity contribution is 7.16. The summed E-state index contributed by atoms with van der Waals surface area (Å²) in [4.78, 5) is 18.8. The molecule has 7 heteroatoms. The predicted octanol–water partition coefficient (Wildman–Crippen LogP) is 5.35. The fraction of sp³-hybridized carbons (Fsp3) is 0.176. The van der Waals surface area contributed by atoms with E-state index >= 15 is 0 Å². The molecule has 3 aromatic rings. The first-order chi connectivity index (χ1) is 11.5. The van der Waals surface area contributed by atoms with E-state index in [0.717, 1.165) is 26.0 Å². The molecule has 0 radical (unpaired) electrons. The summed E-state index contributed by atoms with van der Waals surface area (Å²) < 4.78 is 0. The number of thiophene rings is 1. The molecule has 2 aromatic heterocycles. The zero-order chi connectivity index (χ0) is 17.1. The molecular weight excluding hydrogens is 383 g/mol. The third-order valence-electron chi connectivity index (χ3n) is 3.36. The quantitative estimate of drug-likeness (QED) is 0.631. The highest BCUT2D eigenvalue weighted by atomic mass is 35.5. The highest BCUT2D eigenvalue weighted by Gasteiger charge is 2.10. The lowest BCUT2D eigenvalue weighted by Gasteiger charge is -2.06. The lowest BCUT2D eigenvalue weighted by atomic mass is 10.1. The Labute approximate surface area is 158 Å². The Morgan fingerprint density at radius 2 is 2.08 bits per heavy atom. The van der Waals surface area contributed by atoms with E-state index in [1.54, 1.807) is 40.9 Å². The van der Waals surface area contributed by atoms with Crippen molar-refractivity contribution in [2.24, 2.45) is 0 Å². The number of hydrogen-bond donors (Lipinski definition) is 1. The smallest absolute Gasteiger partial charge is 0.224 e. The maximum atomic E-state index is 12.1. The van der Waals surface area contributed by atoms with Crippen molar-refractivity contribution in [3.63, 3.8) is 0 Å². The summed E-state index contributed by atoms with van der Waals surface area (Å²) in [5, 5.41) is 7.09. The average Bonchev–Trinajstić information content (AvgIpc) is 3.17. The SMILES string of the molecule is Cc1nc(-c2ccc(CNC(=O)Cc3ccc(Cl)cc3Cl)s2)cs1. The number of carbonyl (C=O) groups excluding carboxylic acids is 1. The van der Waals surface area contributed by atoms with Crippen molar-refractivity contribution in [2.45, 2.75) is 19.9 Å². The lowest BCUT2D eigenvalue weighted by Crippen LogP contribution is -2.24. The van der Waals surface area contributed by atoms with Crippen molar-refractivity contribution in [1.29, 1.82) is 0 Å². The summed E-state index contributed by atoms with van der Waals surface area (Å²) in [7, 11) is 0. The van der Waals surface area contributed by atoms with Gasteiger partial charge in [0, 0.05) is 20.3 Å². The van der Waals surface area contributed by atoms with Gasteiger partial charge < -0.3 is 5.32 Å². The van der Waals surface area contributed by atoms with Gasteiger partial charge in [-0.05, 0) is 36.8 Å². The number of nitrogens with zero attached hydrogens (tertiary/aromatic N) is 1. The molecular formula is C17H14Cl2N2OS2. The first kappa shape index (κ1) is 17.4. The normalized spacial score (nSPS) is 10.8. The number of nitrogens with one attached hydrogen (secondary N) is 1. The van der Waals surface area contributed by atoms with Crippen LogP contribution in [0.1, 0.15) is 15.4 Å². The Morgan fingerprint density at radius 1 is 1.25 bits per heavy atom. The zero-order valence-electron chi connectivity index (χ0n) is 12.8. The molecule has 1 amide bonds. The highest BCUT2D eigenvalue weighted by Crippen LogP contribution is 2.29. The molecule has 3 nitrogen and oxygen atoms in total. The number of thiazole rings is 1. The Hall–Kier alpha value is -1.40. The molecule has 3 rings (SSSR count). The van der Waals surface area contributed by atoms with Crippen molar-refractivity contribution in [1.82, 2.24) is 10.3 Å². The van der Waals surface area contributed by atoms with E-state index in [4.69, 9.17) is 23.2 Å². The molecule has 0 saturated heterocycles. The van der Waals surface area contributed by atoms with Gasteiger partial charge in [0.1, 0.15) is 0 Å². The van der Waals surface area contributed by atoms with Crippen molar-refractivity contribution in [3.05, 3.63) is 61.2 Å². The number of carbonyl (C=O) groups is 1. The van der Waals surface area contributed by atoms with Gasteiger partial charge in [-0.2, -0.15) is 0 Å². The van der Waals surface area contributed by atoms with Gasteiger partial charge in [-0.15, -0.1) is 22.7 Å². The first-order valence-electron chi connectivity index (χ1n) is 7.23. The van der Waals surface area contributed by atoms with E-state index in [1.807, 2.05) is 24.4 Å². The predicted molar refractivity (Wildman–Crippen MR) is 102 cm³/mol. The van der Waals surface area contributed by atoms with Crippen LogP contribution in [0.5, 0.6) is 0 Å². The van der Waals surface area contributed by atoms with Crippen LogP contribution in [-0.2, 0) is 17.8 Å². The molecule has 0 aliphatic rings. The van der Waals surface area contributed by atoms with Gasteiger partial charge in [0.05, 0.1) is 28.5 Å². The van der Waals surface area contributed by atoms with Crippen LogP contribution in [0.4, 0.5) is 0 Å². The van der Waals surface area contributed by atoms with Crippen LogP contribution in [0.15, 0.2) is 35.7 Å². The van der Waals surface area contributed by atoms with Crippen LogP contribution in [0.2, 0.25) is 10.0 Å². The number of aromatic nitrogens is 1. The molecule has 0 aliphatic heterocycles. The molecule has 24 heavy (non-hydrogen) atoms. The third kappa shape index (κ3) is 4.36. The first-order valence-corrected chi connectivity index (χ1v) is 9.68. The number of halogens is 2. The minimum atomic E-state index is -0.0707. The summed E-state index contributed by atoms with van der Waals surface area (Å²) in [6.45, 7) is 2.49. The molecule has 0 fully saturated rings. The topological polar surface area (TPSA) is 42.0 Å². The maximum absolute atomic E-state index is 12.1. The second-order valence-corrected chi connectivity index (χ2v) is 8.28. The molecule has 0 spiro atoms. The molecule has 1 N–H and O–H groups in total. The summed E-state index contributed by atoms with van der Waals surface area (Å²) in [6.07, 6.45) is 0.236. The van der Waals surface area contributed by atoms with E-state index in [1.165, 1.54) is 0 Å². The van der Waals surface area contributed by atoms with E-state index in [0.29, 0.717) is 16.6 Å². The van der Waals surface area contributed by atoms with Crippen molar-refractivity contribution >= 4 is 51.8 Å². The second-order valence-electron chi connectivity index (χ2n) is 5.21. The summed E-state index contributed by atoms with van der Waals surface area (Å²) in [5.74, 6) is -0.0707. The average molecular weight is 397 g/mol. The fourth-order valence-electron chi connectivity index (χ4n) is 2.17. The largest absolute Gasteiger partial charge is 0.351 e. The molecule has 0 bridgehead atoms. The van der Waals surface area contributed by atoms with Crippen molar-refractivity contribution < 1.29 is 4.79 Å². The number of aryl methyl sites for hydroxylation is 1. The van der Waals surface area contributed by atoms with Gasteiger partial charge in [0.2, 0.25) is 5.91 Å². The van der Waals surface area contributed by atoms with Crippen LogP contribution in [0, 0.1) is 6.92 Å². The van der Waals surface area contributed by atoms with Gasteiger partial charge in [-0.3, -0.25) is 4.79 Å².